The maximum atomic E-state index is 13.2. The van der Waals surface area contributed by atoms with Crippen molar-refractivity contribution in [1.82, 2.24) is 9.47 Å². The van der Waals surface area contributed by atoms with Crippen LogP contribution in [0.4, 0.5) is 0 Å². The van der Waals surface area contributed by atoms with Gasteiger partial charge < -0.3 is 18.6 Å². The Hall–Kier alpha value is -3.30. The van der Waals surface area contributed by atoms with Gasteiger partial charge in [-0.15, -0.1) is 0 Å². The van der Waals surface area contributed by atoms with Gasteiger partial charge in [0.15, 0.2) is 0 Å². The molecular weight excluding hydrogens is 402 g/mol. The fraction of sp³-hybridized carbons (Fsp3) is 0.385. The van der Waals surface area contributed by atoms with Crippen LogP contribution in [0, 0.1) is 25.2 Å². The number of nitriles is 1. The van der Waals surface area contributed by atoms with Crippen LogP contribution in [0.25, 0.3) is 17.0 Å². The lowest BCUT2D eigenvalue weighted by molar-refractivity contribution is -0.127. The van der Waals surface area contributed by atoms with Crippen molar-refractivity contribution in [2.24, 2.45) is 0 Å². The molecule has 0 spiro atoms. The molecule has 2 atom stereocenters. The van der Waals surface area contributed by atoms with Crippen molar-refractivity contribution in [2.75, 3.05) is 13.7 Å². The second-order valence-electron chi connectivity index (χ2n) is 8.52. The van der Waals surface area contributed by atoms with Crippen molar-refractivity contribution in [3.63, 3.8) is 0 Å². The van der Waals surface area contributed by atoms with Gasteiger partial charge in [-0.05, 0) is 63.5 Å². The number of para-hydroxylation sites is 1. The summed E-state index contributed by atoms with van der Waals surface area (Å²) in [7, 11) is 1.70. The van der Waals surface area contributed by atoms with Crippen molar-refractivity contribution < 1.29 is 13.9 Å². The number of likely N-dealkylation sites (N-methyl/N-ethyl adjacent to an activating group) is 1. The van der Waals surface area contributed by atoms with Crippen LogP contribution >= 0.6 is 0 Å². The zero-order valence-electron chi connectivity index (χ0n) is 19.1. The smallest absolute Gasteiger partial charge is 0.264 e. The van der Waals surface area contributed by atoms with Gasteiger partial charge in [-0.2, -0.15) is 5.26 Å². The highest BCUT2D eigenvalue weighted by molar-refractivity contribution is 6.02. The standard InChI is InChI=1S/C26H29N3O3/c1-17-12-21(18(2)29(17)16-23-9-7-11-31-23)13-22(15-27)26(30)28(4)19(3)25-14-20-8-5-6-10-24(20)32-25/h5-6,8,10,12-14,19,23H,7,9,11,16H2,1-4H3/b22-13+. The van der Waals surface area contributed by atoms with Gasteiger partial charge in [-0.3, -0.25) is 4.79 Å². The molecule has 1 aromatic carbocycles. The Morgan fingerprint density at radius 3 is 2.81 bits per heavy atom. The van der Waals surface area contributed by atoms with Gasteiger partial charge in [0.25, 0.3) is 5.91 Å². The minimum atomic E-state index is -0.329. The van der Waals surface area contributed by atoms with Crippen molar-refractivity contribution in [1.29, 1.82) is 5.26 Å². The van der Waals surface area contributed by atoms with E-state index in [1.165, 1.54) is 0 Å². The lowest BCUT2D eigenvalue weighted by Crippen LogP contribution is -2.30. The molecule has 1 aliphatic rings. The predicted molar refractivity (Wildman–Crippen MR) is 124 cm³/mol. The monoisotopic (exact) mass is 431 g/mol. The first-order valence-corrected chi connectivity index (χ1v) is 11.0. The first-order valence-electron chi connectivity index (χ1n) is 11.0. The number of aryl methyl sites for hydroxylation is 1. The number of rotatable bonds is 6. The Morgan fingerprint density at radius 2 is 2.12 bits per heavy atom. The van der Waals surface area contributed by atoms with E-state index in [0.717, 1.165) is 53.9 Å². The van der Waals surface area contributed by atoms with E-state index in [0.29, 0.717) is 5.76 Å². The van der Waals surface area contributed by atoms with Crippen LogP contribution in [0.3, 0.4) is 0 Å². The van der Waals surface area contributed by atoms with Gasteiger partial charge in [-0.25, -0.2) is 0 Å². The van der Waals surface area contributed by atoms with E-state index in [1.54, 1.807) is 18.0 Å². The van der Waals surface area contributed by atoms with Gasteiger partial charge in [0.1, 0.15) is 23.0 Å². The molecule has 0 N–H and O–H groups in total. The van der Waals surface area contributed by atoms with Crippen LogP contribution in [-0.4, -0.2) is 35.1 Å². The van der Waals surface area contributed by atoms with E-state index in [-0.39, 0.29) is 23.6 Å². The summed E-state index contributed by atoms with van der Waals surface area (Å²) in [5, 5.41) is 10.7. The third-order valence-corrected chi connectivity index (χ3v) is 6.43. The molecule has 1 aliphatic heterocycles. The lowest BCUT2D eigenvalue weighted by Gasteiger charge is -2.23. The molecular formula is C26H29N3O3. The topological polar surface area (TPSA) is 71.4 Å². The molecule has 6 heteroatoms. The Labute approximate surface area is 188 Å². The van der Waals surface area contributed by atoms with Gasteiger partial charge in [0.05, 0.1) is 12.1 Å². The average Bonchev–Trinajstić information content (AvgIpc) is 3.52. The van der Waals surface area contributed by atoms with Crippen LogP contribution < -0.4 is 0 Å². The van der Waals surface area contributed by atoms with Crippen molar-refractivity contribution >= 4 is 23.0 Å². The molecule has 3 heterocycles. The molecule has 0 aliphatic carbocycles. The Balaban J connectivity index is 1.56. The zero-order valence-corrected chi connectivity index (χ0v) is 19.1. The first-order chi connectivity index (χ1) is 15.4. The van der Waals surface area contributed by atoms with Crippen molar-refractivity contribution in [3.8, 4) is 6.07 Å². The largest absolute Gasteiger partial charge is 0.459 e. The first kappa shape index (κ1) is 21.9. The lowest BCUT2D eigenvalue weighted by atomic mass is 10.1. The van der Waals surface area contributed by atoms with E-state index >= 15 is 0 Å². The predicted octanol–water partition coefficient (Wildman–Crippen LogP) is 5.16. The summed E-state index contributed by atoms with van der Waals surface area (Å²) in [6.45, 7) is 7.58. The van der Waals surface area contributed by atoms with Gasteiger partial charge in [0, 0.05) is 37.0 Å². The summed E-state index contributed by atoms with van der Waals surface area (Å²) in [6, 6.07) is 13.5. The van der Waals surface area contributed by atoms with Crippen LogP contribution in [0.15, 0.2) is 46.4 Å². The van der Waals surface area contributed by atoms with Crippen LogP contribution in [-0.2, 0) is 16.1 Å². The number of benzene rings is 1. The molecule has 1 saturated heterocycles. The molecule has 0 radical (unpaired) electrons. The van der Waals surface area contributed by atoms with E-state index in [2.05, 4.69) is 10.6 Å². The number of nitrogens with zero attached hydrogens (tertiary/aromatic N) is 3. The van der Waals surface area contributed by atoms with Crippen molar-refractivity contribution in [2.45, 2.75) is 52.3 Å². The summed E-state index contributed by atoms with van der Waals surface area (Å²) in [5.74, 6) is 0.360. The summed E-state index contributed by atoms with van der Waals surface area (Å²) < 4.78 is 13.9. The summed E-state index contributed by atoms with van der Waals surface area (Å²) in [6.07, 6.45) is 4.08. The Morgan fingerprint density at radius 1 is 1.34 bits per heavy atom. The molecule has 32 heavy (non-hydrogen) atoms. The molecule has 166 valence electrons. The van der Waals surface area contributed by atoms with E-state index in [9.17, 15) is 10.1 Å². The highest BCUT2D eigenvalue weighted by Crippen LogP contribution is 2.28. The third-order valence-electron chi connectivity index (χ3n) is 6.43. The SMILES string of the molecule is Cc1cc(/C=C(\C#N)C(=O)N(C)C(C)c2cc3ccccc3o2)c(C)n1CC1CCCO1. The third kappa shape index (κ3) is 4.21. The molecule has 1 amide bonds. The number of aromatic nitrogens is 1. The molecule has 2 aromatic heterocycles. The minimum Gasteiger partial charge on any atom is -0.459 e. The summed E-state index contributed by atoms with van der Waals surface area (Å²) in [5.41, 5.74) is 3.90. The molecule has 4 rings (SSSR count). The summed E-state index contributed by atoms with van der Waals surface area (Å²) in [4.78, 5) is 14.7. The van der Waals surface area contributed by atoms with Crippen LogP contribution in [0.5, 0.6) is 0 Å². The highest BCUT2D eigenvalue weighted by Gasteiger charge is 2.24. The highest BCUT2D eigenvalue weighted by atomic mass is 16.5. The van der Waals surface area contributed by atoms with Gasteiger partial charge in [-0.1, -0.05) is 18.2 Å². The normalized spacial score (nSPS) is 17.5. The zero-order chi connectivity index (χ0) is 22.8. The van der Waals surface area contributed by atoms with Gasteiger partial charge >= 0.3 is 0 Å². The van der Waals surface area contributed by atoms with E-state index < -0.39 is 0 Å². The maximum Gasteiger partial charge on any atom is 0.264 e. The number of carbonyl (C=O) groups excluding carboxylic acids is 1. The molecule has 0 bridgehead atoms. The molecule has 0 saturated carbocycles. The van der Waals surface area contributed by atoms with Crippen LogP contribution in [0.2, 0.25) is 0 Å². The number of carbonyl (C=O) groups is 1. The quantitative estimate of drug-likeness (QED) is 0.399. The van der Waals surface area contributed by atoms with Gasteiger partial charge in [0.2, 0.25) is 0 Å². The molecule has 1 fully saturated rings. The molecule has 6 nitrogen and oxygen atoms in total. The fourth-order valence-electron chi connectivity index (χ4n) is 4.31. The summed E-state index contributed by atoms with van der Waals surface area (Å²) >= 11 is 0. The number of ether oxygens (including phenoxy) is 1. The Bertz CT molecular complexity index is 1170. The Kier molecular flexibility index (Phi) is 6.20. The molecule has 2 unspecified atom stereocenters. The number of amides is 1. The molecule has 3 aromatic rings. The second kappa shape index (κ2) is 9.05. The van der Waals surface area contributed by atoms with E-state index in [4.69, 9.17) is 9.15 Å². The number of furan rings is 1. The van der Waals surface area contributed by atoms with Crippen molar-refractivity contribution in [3.05, 3.63) is 64.7 Å². The second-order valence-corrected chi connectivity index (χ2v) is 8.52. The van der Waals surface area contributed by atoms with Crippen LogP contribution in [0.1, 0.15) is 48.5 Å². The number of hydrogen-bond acceptors (Lipinski definition) is 4. The fourth-order valence-corrected chi connectivity index (χ4v) is 4.31. The minimum absolute atomic E-state index is 0.104. The average molecular weight is 432 g/mol. The number of fused-ring (bicyclic) bond motifs is 1. The van der Waals surface area contributed by atoms with E-state index in [1.807, 2.05) is 57.2 Å². The number of hydrogen-bond donors (Lipinski definition) is 0. The maximum absolute atomic E-state index is 13.2.